The van der Waals surface area contributed by atoms with Crippen molar-refractivity contribution in [2.75, 3.05) is 52.5 Å². The van der Waals surface area contributed by atoms with Gasteiger partial charge in [0.15, 0.2) is 0 Å². The van der Waals surface area contributed by atoms with E-state index in [1.807, 2.05) is 13.8 Å². The maximum Gasteiger partial charge on any atom is 0.0735 e. The van der Waals surface area contributed by atoms with Gasteiger partial charge in [0.1, 0.15) is 0 Å². The molecule has 0 aromatic carbocycles. The van der Waals surface area contributed by atoms with Crippen molar-refractivity contribution < 1.29 is 9.84 Å². The third-order valence-electron chi connectivity index (χ3n) is 8.79. The molecule has 38 heavy (non-hydrogen) atoms. The van der Waals surface area contributed by atoms with Gasteiger partial charge in [0.05, 0.1) is 12.7 Å². The molecule has 0 radical (unpaired) electrons. The molecule has 3 heterocycles. The Kier molecular flexibility index (Phi) is 16.0. The summed E-state index contributed by atoms with van der Waals surface area (Å²) >= 11 is 0. The minimum atomic E-state index is -0.0313. The molecule has 0 amide bonds. The molecule has 2 spiro atoms. The molecule has 1 unspecified atom stereocenters. The molecule has 0 aromatic heterocycles. The molecule has 3 saturated heterocycles. The monoisotopic (exact) mass is 539 g/mol. The van der Waals surface area contributed by atoms with E-state index in [1.165, 1.54) is 71.0 Å². The smallest absolute Gasteiger partial charge is 0.0735 e. The second kappa shape index (κ2) is 16.9. The summed E-state index contributed by atoms with van der Waals surface area (Å²) in [5, 5.41) is 9.76. The first kappa shape index (κ1) is 35.9. The van der Waals surface area contributed by atoms with Crippen LogP contribution in [-0.2, 0) is 4.74 Å². The molecule has 3 aliphatic heterocycles. The van der Waals surface area contributed by atoms with Crippen LogP contribution in [0.3, 0.4) is 0 Å². The fraction of sp³-hybridized carbons (Fsp3) is 1.00. The average molecular weight is 539 g/mol. The Morgan fingerprint density at radius 1 is 0.763 bits per heavy atom. The van der Waals surface area contributed by atoms with Crippen LogP contribution in [0.15, 0.2) is 0 Å². The lowest BCUT2D eigenvalue weighted by Crippen LogP contribution is -2.60. The molecule has 0 aromatic rings. The zero-order valence-electron chi connectivity index (χ0n) is 27.9. The highest BCUT2D eigenvalue weighted by Crippen LogP contribution is 2.53. The van der Waals surface area contributed by atoms with E-state index in [0.29, 0.717) is 10.8 Å². The molecule has 4 nitrogen and oxygen atoms in total. The summed E-state index contributed by atoms with van der Waals surface area (Å²) in [5.41, 5.74) is 1.74. The molecule has 5 aliphatic rings. The number of hydrogen-bond donors (Lipinski definition) is 1. The van der Waals surface area contributed by atoms with Gasteiger partial charge in [-0.25, -0.2) is 0 Å². The molecule has 5 fully saturated rings. The van der Waals surface area contributed by atoms with Crippen LogP contribution < -0.4 is 0 Å². The van der Waals surface area contributed by atoms with Gasteiger partial charge in [-0.15, -0.1) is 0 Å². The van der Waals surface area contributed by atoms with Crippen molar-refractivity contribution >= 4 is 0 Å². The minimum absolute atomic E-state index is 0.0313. The maximum absolute atomic E-state index is 9.76. The van der Waals surface area contributed by atoms with Crippen LogP contribution in [0, 0.1) is 34.0 Å². The second-order valence-electron chi connectivity index (χ2n) is 14.6. The maximum atomic E-state index is 9.76. The van der Waals surface area contributed by atoms with Crippen molar-refractivity contribution in [3.63, 3.8) is 0 Å². The van der Waals surface area contributed by atoms with Crippen molar-refractivity contribution in [2.24, 2.45) is 34.0 Å². The number of aliphatic hydroxyl groups excluding tert-OH is 1. The number of β-amino-alcohol motifs (C(OH)–C–C–N with tert-alkyl or cyclic N) is 1. The molecule has 228 valence electrons. The first-order valence-corrected chi connectivity index (χ1v) is 16.6. The van der Waals surface area contributed by atoms with Crippen LogP contribution in [0.2, 0.25) is 0 Å². The number of hydrogen-bond acceptors (Lipinski definition) is 4. The van der Waals surface area contributed by atoms with Crippen LogP contribution in [0.1, 0.15) is 128 Å². The molecule has 2 aliphatic carbocycles. The standard InChI is InChI=1S/C11H21NO.C10H19NO.C7H14.C4H10.C2H6/c1-10(2)6-12-7-11(8-12)4-3-5-13-9-11;1-8(2)5-11-6-9(12)10(7-11)3-4-10;1-3-7(4-2)5-6-7;1-4(2)3;1-2/h10H,3-9H2,1-2H3;8-9,12H,3-7H2,1-2H3;3-6H2,1-2H3;4H,1-3H3;1-2H3. The van der Waals surface area contributed by atoms with E-state index in [2.05, 4.69) is 72.1 Å². The lowest BCUT2D eigenvalue weighted by molar-refractivity contribution is -0.103. The van der Waals surface area contributed by atoms with Crippen LogP contribution in [0.4, 0.5) is 0 Å². The van der Waals surface area contributed by atoms with E-state index >= 15 is 0 Å². The third kappa shape index (κ3) is 12.6. The Morgan fingerprint density at radius 3 is 1.58 bits per heavy atom. The molecule has 1 atom stereocenters. The topological polar surface area (TPSA) is 35.9 Å². The highest BCUT2D eigenvalue weighted by Gasteiger charge is 2.54. The van der Waals surface area contributed by atoms with Crippen LogP contribution in [-0.4, -0.2) is 73.5 Å². The Bertz CT molecular complexity index is 587. The van der Waals surface area contributed by atoms with Gasteiger partial charge in [0, 0.05) is 56.7 Å². The quantitative estimate of drug-likeness (QED) is 0.370. The van der Waals surface area contributed by atoms with Crippen molar-refractivity contribution in [2.45, 2.75) is 134 Å². The van der Waals surface area contributed by atoms with E-state index in [9.17, 15) is 5.11 Å². The molecule has 4 heteroatoms. The van der Waals surface area contributed by atoms with E-state index in [4.69, 9.17) is 4.74 Å². The summed E-state index contributed by atoms with van der Waals surface area (Å²) in [6, 6.07) is 0. The summed E-state index contributed by atoms with van der Waals surface area (Å²) in [5.74, 6) is 2.37. The van der Waals surface area contributed by atoms with Gasteiger partial charge in [-0.1, -0.05) is 89.0 Å². The van der Waals surface area contributed by atoms with E-state index in [0.717, 1.165) is 56.0 Å². The van der Waals surface area contributed by atoms with Gasteiger partial charge in [0.2, 0.25) is 0 Å². The summed E-state index contributed by atoms with van der Waals surface area (Å²) in [6.45, 7) is 33.2. The number of nitrogens with zero attached hydrogens (tertiary/aromatic N) is 2. The number of aliphatic hydroxyl groups is 1. The Hall–Kier alpha value is -0.160. The fourth-order valence-corrected chi connectivity index (χ4v) is 6.20. The van der Waals surface area contributed by atoms with Gasteiger partial charge in [-0.05, 0) is 61.7 Å². The first-order valence-electron chi connectivity index (χ1n) is 16.6. The molecule has 2 saturated carbocycles. The summed E-state index contributed by atoms with van der Waals surface area (Å²) in [4.78, 5) is 4.99. The normalized spacial score (nSPS) is 25.8. The Balaban J connectivity index is 0.000000266. The van der Waals surface area contributed by atoms with Crippen LogP contribution in [0.25, 0.3) is 0 Å². The number of rotatable bonds is 6. The van der Waals surface area contributed by atoms with Gasteiger partial charge in [-0.2, -0.15) is 0 Å². The zero-order chi connectivity index (χ0) is 29.0. The van der Waals surface area contributed by atoms with Gasteiger partial charge in [0.25, 0.3) is 0 Å². The van der Waals surface area contributed by atoms with E-state index in [1.54, 1.807) is 0 Å². The van der Waals surface area contributed by atoms with Gasteiger partial charge >= 0.3 is 0 Å². The molecular weight excluding hydrogens is 468 g/mol. The predicted octanol–water partition coefficient (Wildman–Crippen LogP) is 8.13. The molecular formula is C34H70N2O2. The third-order valence-corrected chi connectivity index (χ3v) is 8.79. The van der Waals surface area contributed by atoms with Crippen LogP contribution in [0.5, 0.6) is 0 Å². The molecule has 0 bridgehead atoms. The van der Waals surface area contributed by atoms with Crippen molar-refractivity contribution in [3.05, 3.63) is 0 Å². The lowest BCUT2D eigenvalue weighted by atomic mass is 9.75. The van der Waals surface area contributed by atoms with Gasteiger partial charge < -0.3 is 14.7 Å². The Morgan fingerprint density at radius 2 is 1.26 bits per heavy atom. The average Bonchev–Trinajstić information content (AvgIpc) is 3.75. The van der Waals surface area contributed by atoms with Gasteiger partial charge in [-0.3, -0.25) is 4.90 Å². The second-order valence-corrected chi connectivity index (χ2v) is 14.6. The SMILES string of the molecule is CC.CC(C)C.CC(C)CN1CC(O)C2(CC2)C1.CC(C)CN1CC2(CCCOC2)C1.CCC1(CC)CC1. The minimum Gasteiger partial charge on any atom is -0.391 e. The molecule has 1 N–H and O–H groups in total. The summed E-state index contributed by atoms with van der Waals surface area (Å²) < 4.78 is 5.55. The van der Waals surface area contributed by atoms with Crippen molar-refractivity contribution in [3.8, 4) is 0 Å². The first-order chi connectivity index (χ1) is 17.9. The molecule has 5 rings (SSSR count). The van der Waals surface area contributed by atoms with Crippen molar-refractivity contribution in [1.29, 1.82) is 0 Å². The van der Waals surface area contributed by atoms with E-state index < -0.39 is 0 Å². The largest absolute Gasteiger partial charge is 0.391 e. The Labute approximate surface area is 239 Å². The van der Waals surface area contributed by atoms with Crippen molar-refractivity contribution in [1.82, 2.24) is 9.80 Å². The lowest BCUT2D eigenvalue weighted by Gasteiger charge is -2.52. The highest BCUT2D eigenvalue weighted by molar-refractivity contribution is 5.06. The summed E-state index contributed by atoms with van der Waals surface area (Å²) in [7, 11) is 0. The predicted molar refractivity (Wildman–Crippen MR) is 167 cm³/mol. The number of ether oxygens (including phenoxy) is 1. The zero-order valence-corrected chi connectivity index (χ0v) is 27.9. The van der Waals surface area contributed by atoms with Crippen LogP contribution >= 0.6 is 0 Å². The highest BCUT2D eigenvalue weighted by atomic mass is 16.5. The number of likely N-dealkylation sites (tertiary alicyclic amines) is 2. The summed E-state index contributed by atoms with van der Waals surface area (Å²) in [6.07, 6.45) is 11.0. The van der Waals surface area contributed by atoms with E-state index in [-0.39, 0.29) is 6.10 Å². The fourth-order valence-electron chi connectivity index (χ4n) is 6.20.